The third-order valence-corrected chi connectivity index (χ3v) is 4.28. The zero-order valence-electron chi connectivity index (χ0n) is 13.2. The van der Waals surface area contributed by atoms with Crippen molar-refractivity contribution in [2.45, 2.75) is 25.3 Å². The number of hydrogen-bond donors (Lipinski definition) is 3. The minimum Gasteiger partial charge on any atom is -0.323 e. The SMILES string of the molecule is C[C@@]1(C2CC2)NC(=O)N(CC(=O)NC(=O)Nc2ccccc2)C1=O. The molecule has 3 N–H and O–H groups in total. The summed E-state index contributed by atoms with van der Waals surface area (Å²) in [5.41, 5.74) is -0.414. The van der Waals surface area contributed by atoms with Crippen molar-refractivity contribution in [3.05, 3.63) is 30.3 Å². The monoisotopic (exact) mass is 330 g/mol. The minimum atomic E-state index is -0.941. The van der Waals surface area contributed by atoms with Gasteiger partial charge in [0.05, 0.1) is 0 Å². The second-order valence-corrected chi connectivity index (χ2v) is 6.17. The summed E-state index contributed by atoms with van der Waals surface area (Å²) in [6, 6.07) is 7.29. The van der Waals surface area contributed by atoms with Crippen molar-refractivity contribution in [2.24, 2.45) is 5.92 Å². The Morgan fingerprint density at radius 2 is 1.92 bits per heavy atom. The zero-order valence-corrected chi connectivity index (χ0v) is 13.2. The maximum Gasteiger partial charge on any atom is 0.325 e. The van der Waals surface area contributed by atoms with E-state index in [9.17, 15) is 19.2 Å². The smallest absolute Gasteiger partial charge is 0.323 e. The van der Waals surface area contributed by atoms with Crippen LogP contribution in [-0.2, 0) is 9.59 Å². The molecule has 1 aromatic carbocycles. The molecule has 6 amide bonds. The summed E-state index contributed by atoms with van der Waals surface area (Å²) < 4.78 is 0. The number of anilines is 1. The predicted octanol–water partition coefficient (Wildman–Crippen LogP) is 1.06. The van der Waals surface area contributed by atoms with Crippen LogP contribution in [0.5, 0.6) is 0 Å². The quantitative estimate of drug-likeness (QED) is 0.717. The summed E-state index contributed by atoms with van der Waals surface area (Å²) in [5.74, 6) is -1.04. The van der Waals surface area contributed by atoms with Gasteiger partial charge in [-0.1, -0.05) is 18.2 Å². The lowest BCUT2D eigenvalue weighted by Crippen LogP contribution is -2.47. The van der Waals surface area contributed by atoms with Crippen LogP contribution in [-0.4, -0.2) is 40.9 Å². The van der Waals surface area contributed by atoms with Crippen molar-refractivity contribution >= 4 is 29.6 Å². The predicted molar refractivity (Wildman–Crippen MR) is 85.0 cm³/mol. The van der Waals surface area contributed by atoms with Gasteiger partial charge in [0.2, 0.25) is 5.91 Å². The molecular weight excluding hydrogens is 312 g/mol. The number of nitrogens with zero attached hydrogens (tertiary/aromatic N) is 1. The van der Waals surface area contributed by atoms with Crippen LogP contribution in [0.15, 0.2) is 30.3 Å². The Labute approximate surface area is 138 Å². The second-order valence-electron chi connectivity index (χ2n) is 6.17. The molecule has 1 aliphatic heterocycles. The number of nitrogens with one attached hydrogen (secondary N) is 3. The van der Waals surface area contributed by atoms with Crippen LogP contribution in [0.2, 0.25) is 0 Å². The number of carbonyl (C=O) groups is 4. The Bertz CT molecular complexity index is 701. The molecule has 1 atom stereocenters. The van der Waals surface area contributed by atoms with Crippen LogP contribution in [0.25, 0.3) is 0 Å². The summed E-state index contributed by atoms with van der Waals surface area (Å²) >= 11 is 0. The van der Waals surface area contributed by atoms with E-state index in [4.69, 9.17) is 0 Å². The molecule has 0 unspecified atom stereocenters. The standard InChI is InChI=1S/C16H18N4O4/c1-16(10-7-8-10)13(22)20(15(24)19-16)9-12(21)18-14(23)17-11-5-3-2-4-6-11/h2-6,10H,7-9H2,1H3,(H,19,24)(H2,17,18,21,23)/t16-/m0/s1. The average Bonchev–Trinajstić information content (AvgIpc) is 3.34. The van der Waals surface area contributed by atoms with Crippen molar-refractivity contribution in [3.63, 3.8) is 0 Å². The second kappa shape index (κ2) is 5.95. The Balaban J connectivity index is 1.56. The Kier molecular flexibility index (Phi) is 3.96. The van der Waals surface area contributed by atoms with Gasteiger partial charge in [0.25, 0.3) is 5.91 Å². The average molecular weight is 330 g/mol. The molecule has 0 bridgehead atoms. The third kappa shape index (κ3) is 3.08. The highest BCUT2D eigenvalue weighted by Gasteiger charge is 2.56. The zero-order chi connectivity index (χ0) is 17.3. The van der Waals surface area contributed by atoms with Gasteiger partial charge < -0.3 is 10.6 Å². The fourth-order valence-corrected chi connectivity index (χ4v) is 2.79. The van der Waals surface area contributed by atoms with E-state index in [0.717, 1.165) is 17.7 Å². The first-order valence-corrected chi connectivity index (χ1v) is 7.70. The van der Waals surface area contributed by atoms with Crippen LogP contribution in [0.3, 0.4) is 0 Å². The number of para-hydroxylation sites is 1. The summed E-state index contributed by atoms with van der Waals surface area (Å²) in [6.45, 7) is 1.18. The van der Waals surface area contributed by atoms with E-state index in [1.54, 1.807) is 37.3 Å². The van der Waals surface area contributed by atoms with E-state index in [1.807, 2.05) is 0 Å². The number of hydrogen-bond acceptors (Lipinski definition) is 4. The van der Waals surface area contributed by atoms with Crippen LogP contribution in [0.1, 0.15) is 19.8 Å². The molecular formula is C16H18N4O4. The topological polar surface area (TPSA) is 108 Å². The van der Waals surface area contributed by atoms with Crippen molar-refractivity contribution in [3.8, 4) is 0 Å². The molecule has 24 heavy (non-hydrogen) atoms. The van der Waals surface area contributed by atoms with Gasteiger partial charge in [-0.05, 0) is 37.8 Å². The van der Waals surface area contributed by atoms with Gasteiger partial charge in [-0.2, -0.15) is 0 Å². The van der Waals surface area contributed by atoms with Crippen molar-refractivity contribution in [1.29, 1.82) is 0 Å². The van der Waals surface area contributed by atoms with E-state index in [1.165, 1.54) is 0 Å². The lowest BCUT2D eigenvalue weighted by molar-refractivity contribution is -0.134. The first-order chi connectivity index (χ1) is 11.4. The van der Waals surface area contributed by atoms with E-state index >= 15 is 0 Å². The summed E-state index contributed by atoms with van der Waals surface area (Å²) in [4.78, 5) is 48.9. The lowest BCUT2D eigenvalue weighted by Gasteiger charge is -2.20. The molecule has 2 aliphatic rings. The Hall–Kier alpha value is -2.90. The molecule has 1 saturated carbocycles. The highest BCUT2D eigenvalue weighted by molar-refractivity contribution is 6.10. The lowest BCUT2D eigenvalue weighted by atomic mass is 9.96. The molecule has 1 heterocycles. The van der Waals surface area contributed by atoms with Crippen LogP contribution in [0, 0.1) is 5.92 Å². The first kappa shape index (κ1) is 16.0. The Morgan fingerprint density at radius 1 is 1.25 bits per heavy atom. The number of amides is 6. The van der Waals surface area contributed by atoms with E-state index < -0.39 is 36.0 Å². The van der Waals surface area contributed by atoms with Gasteiger partial charge in [0.1, 0.15) is 12.1 Å². The van der Waals surface area contributed by atoms with Crippen LogP contribution < -0.4 is 16.0 Å². The van der Waals surface area contributed by atoms with Crippen LogP contribution in [0.4, 0.5) is 15.3 Å². The fourth-order valence-electron chi connectivity index (χ4n) is 2.79. The van der Waals surface area contributed by atoms with Gasteiger partial charge in [0, 0.05) is 5.69 Å². The molecule has 1 saturated heterocycles. The Morgan fingerprint density at radius 3 is 2.54 bits per heavy atom. The molecule has 3 rings (SSSR count). The minimum absolute atomic E-state index is 0.114. The van der Waals surface area contributed by atoms with Gasteiger partial charge >= 0.3 is 12.1 Å². The van der Waals surface area contributed by atoms with Crippen molar-refractivity contribution in [2.75, 3.05) is 11.9 Å². The highest BCUT2D eigenvalue weighted by Crippen LogP contribution is 2.42. The van der Waals surface area contributed by atoms with Gasteiger partial charge in [-0.15, -0.1) is 0 Å². The fraction of sp³-hybridized carbons (Fsp3) is 0.375. The number of carbonyl (C=O) groups excluding carboxylic acids is 4. The molecule has 1 aromatic rings. The molecule has 1 aliphatic carbocycles. The maximum absolute atomic E-state index is 12.4. The summed E-state index contributed by atoms with van der Waals surface area (Å²) in [6.07, 6.45) is 1.75. The molecule has 126 valence electrons. The van der Waals surface area contributed by atoms with Crippen molar-refractivity contribution in [1.82, 2.24) is 15.5 Å². The number of imide groups is 2. The van der Waals surface area contributed by atoms with Gasteiger partial charge in [-0.25, -0.2) is 9.59 Å². The largest absolute Gasteiger partial charge is 0.325 e. The molecule has 8 heteroatoms. The normalized spacial score (nSPS) is 23.0. The maximum atomic E-state index is 12.4. The summed E-state index contributed by atoms with van der Waals surface area (Å²) in [7, 11) is 0. The molecule has 2 fully saturated rings. The first-order valence-electron chi connectivity index (χ1n) is 7.70. The number of rotatable bonds is 4. The summed E-state index contributed by atoms with van der Waals surface area (Å²) in [5, 5.41) is 7.24. The van der Waals surface area contributed by atoms with Crippen LogP contribution >= 0.6 is 0 Å². The van der Waals surface area contributed by atoms with Gasteiger partial charge in [0.15, 0.2) is 0 Å². The number of benzene rings is 1. The number of urea groups is 2. The highest BCUT2D eigenvalue weighted by atomic mass is 16.2. The van der Waals surface area contributed by atoms with Crippen molar-refractivity contribution < 1.29 is 19.2 Å². The van der Waals surface area contributed by atoms with E-state index in [2.05, 4.69) is 16.0 Å². The third-order valence-electron chi connectivity index (χ3n) is 4.28. The molecule has 0 aromatic heterocycles. The molecule has 0 spiro atoms. The van der Waals surface area contributed by atoms with E-state index in [-0.39, 0.29) is 5.92 Å². The molecule has 8 nitrogen and oxygen atoms in total. The molecule has 0 radical (unpaired) electrons. The van der Waals surface area contributed by atoms with Gasteiger partial charge in [-0.3, -0.25) is 19.8 Å². The van der Waals surface area contributed by atoms with E-state index in [0.29, 0.717) is 5.69 Å².